The Hall–Kier alpha value is -2.54. The number of aromatic nitrogens is 2. The lowest BCUT2D eigenvalue weighted by molar-refractivity contribution is -0.136. The van der Waals surface area contributed by atoms with Crippen LogP contribution in [0, 0.1) is 11.7 Å². The molecule has 0 N–H and O–H groups in total. The summed E-state index contributed by atoms with van der Waals surface area (Å²) < 4.78 is 20.2. The number of carbonyl (C=O) groups excluding carboxylic acids is 1. The van der Waals surface area contributed by atoms with E-state index in [0.717, 1.165) is 12.0 Å². The highest BCUT2D eigenvalue weighted by Crippen LogP contribution is 2.30. The van der Waals surface area contributed by atoms with E-state index in [1.807, 2.05) is 42.3 Å². The number of anilines is 1. The van der Waals surface area contributed by atoms with Crippen LogP contribution in [-0.4, -0.2) is 60.2 Å². The number of hydrogen-bond donors (Lipinski definition) is 0. The van der Waals surface area contributed by atoms with Crippen LogP contribution >= 0.6 is 0 Å². The van der Waals surface area contributed by atoms with Crippen LogP contribution in [0.25, 0.3) is 11.3 Å². The molecule has 0 aliphatic carbocycles. The molecular formula is C19H21FN4O2. The predicted octanol–water partition coefficient (Wildman–Crippen LogP) is 1.97. The maximum Gasteiger partial charge on any atom is 0.228 e. The minimum atomic E-state index is -0.421. The van der Waals surface area contributed by atoms with E-state index in [0.29, 0.717) is 37.8 Å². The largest absolute Gasteiger partial charge is 0.381 e. The maximum absolute atomic E-state index is 14.9. The summed E-state index contributed by atoms with van der Waals surface area (Å²) in [5, 5.41) is 0. The molecule has 1 aromatic heterocycles. The SMILES string of the molecule is CN(C(=O)C1CCOC1)C1CN(c2ncnc(-c3ccccc3)c2F)C1. The number of hydrogen-bond acceptors (Lipinski definition) is 5. The predicted molar refractivity (Wildman–Crippen MR) is 95.1 cm³/mol. The summed E-state index contributed by atoms with van der Waals surface area (Å²) >= 11 is 0. The van der Waals surface area contributed by atoms with Crippen molar-refractivity contribution < 1.29 is 13.9 Å². The molecular weight excluding hydrogens is 335 g/mol. The summed E-state index contributed by atoms with van der Waals surface area (Å²) in [4.78, 5) is 24.3. The number of nitrogens with zero attached hydrogens (tertiary/aromatic N) is 4. The molecule has 0 spiro atoms. The van der Waals surface area contributed by atoms with Crippen LogP contribution in [0.2, 0.25) is 0 Å². The quantitative estimate of drug-likeness (QED) is 0.838. The average molecular weight is 356 g/mol. The molecule has 7 heteroatoms. The molecule has 1 unspecified atom stereocenters. The van der Waals surface area contributed by atoms with E-state index in [1.54, 1.807) is 4.90 Å². The summed E-state index contributed by atoms with van der Waals surface area (Å²) in [6.45, 7) is 2.28. The molecule has 2 aromatic rings. The number of carbonyl (C=O) groups is 1. The molecule has 2 aliphatic rings. The summed E-state index contributed by atoms with van der Waals surface area (Å²) in [6.07, 6.45) is 2.17. The minimum absolute atomic E-state index is 0.0467. The zero-order valence-corrected chi connectivity index (χ0v) is 14.6. The number of rotatable bonds is 4. The van der Waals surface area contributed by atoms with E-state index >= 15 is 0 Å². The van der Waals surface area contributed by atoms with E-state index in [2.05, 4.69) is 9.97 Å². The molecule has 2 saturated heterocycles. The zero-order valence-electron chi connectivity index (χ0n) is 14.6. The molecule has 0 radical (unpaired) electrons. The van der Waals surface area contributed by atoms with Gasteiger partial charge >= 0.3 is 0 Å². The van der Waals surface area contributed by atoms with Gasteiger partial charge in [-0.25, -0.2) is 14.4 Å². The van der Waals surface area contributed by atoms with Crippen molar-refractivity contribution in [3.63, 3.8) is 0 Å². The highest BCUT2D eigenvalue weighted by atomic mass is 19.1. The van der Waals surface area contributed by atoms with Gasteiger partial charge in [0.15, 0.2) is 11.6 Å². The number of amides is 1. The van der Waals surface area contributed by atoms with Crippen LogP contribution in [0.4, 0.5) is 10.2 Å². The fraction of sp³-hybridized carbons (Fsp3) is 0.421. The Labute approximate surface area is 151 Å². The van der Waals surface area contributed by atoms with E-state index in [9.17, 15) is 9.18 Å². The van der Waals surface area contributed by atoms with Crippen LogP contribution in [0.3, 0.4) is 0 Å². The van der Waals surface area contributed by atoms with Crippen LogP contribution in [0.15, 0.2) is 36.7 Å². The first-order valence-corrected chi connectivity index (χ1v) is 8.80. The first-order chi connectivity index (χ1) is 12.6. The molecule has 1 aromatic carbocycles. The van der Waals surface area contributed by atoms with Crippen LogP contribution in [-0.2, 0) is 9.53 Å². The van der Waals surface area contributed by atoms with Gasteiger partial charge in [-0.05, 0) is 6.42 Å². The van der Waals surface area contributed by atoms with Crippen LogP contribution in [0.1, 0.15) is 6.42 Å². The van der Waals surface area contributed by atoms with Gasteiger partial charge in [0.2, 0.25) is 5.91 Å². The smallest absolute Gasteiger partial charge is 0.228 e. The van der Waals surface area contributed by atoms with Crippen molar-refractivity contribution >= 4 is 11.7 Å². The number of ether oxygens (including phenoxy) is 1. The lowest BCUT2D eigenvalue weighted by atomic mass is 10.0. The summed E-state index contributed by atoms with van der Waals surface area (Å²) in [5.74, 6) is -0.0646. The Bertz CT molecular complexity index is 789. The van der Waals surface area contributed by atoms with Gasteiger partial charge in [0.1, 0.15) is 12.0 Å². The molecule has 2 aliphatic heterocycles. The minimum Gasteiger partial charge on any atom is -0.381 e. The topological polar surface area (TPSA) is 58.6 Å². The van der Waals surface area contributed by atoms with Gasteiger partial charge in [-0.3, -0.25) is 4.79 Å². The van der Waals surface area contributed by atoms with E-state index in [4.69, 9.17) is 4.74 Å². The van der Waals surface area contributed by atoms with Gasteiger partial charge in [0.25, 0.3) is 0 Å². The Morgan fingerprint density at radius 3 is 2.73 bits per heavy atom. The Morgan fingerprint density at radius 2 is 2.04 bits per heavy atom. The van der Waals surface area contributed by atoms with Gasteiger partial charge in [-0.15, -0.1) is 0 Å². The molecule has 1 amide bonds. The van der Waals surface area contributed by atoms with Crippen molar-refractivity contribution in [2.45, 2.75) is 12.5 Å². The summed E-state index contributed by atoms with van der Waals surface area (Å²) in [7, 11) is 1.81. The first-order valence-electron chi connectivity index (χ1n) is 8.80. The fourth-order valence-corrected chi connectivity index (χ4v) is 3.45. The van der Waals surface area contributed by atoms with Gasteiger partial charge in [0.05, 0.1) is 18.6 Å². The lowest BCUT2D eigenvalue weighted by Gasteiger charge is -2.45. The average Bonchev–Trinajstić information content (AvgIpc) is 3.16. The molecule has 4 rings (SSSR count). The van der Waals surface area contributed by atoms with Gasteiger partial charge in [-0.1, -0.05) is 30.3 Å². The molecule has 2 fully saturated rings. The molecule has 0 bridgehead atoms. The zero-order chi connectivity index (χ0) is 18.1. The lowest BCUT2D eigenvalue weighted by Crippen LogP contribution is -2.61. The summed E-state index contributed by atoms with van der Waals surface area (Å²) in [6, 6.07) is 9.30. The van der Waals surface area contributed by atoms with Crippen molar-refractivity contribution in [3.05, 3.63) is 42.5 Å². The standard InChI is InChI=1S/C19H21FN4O2/c1-23(19(25)14-7-8-26-11-14)15-9-24(10-15)18-16(20)17(21-12-22-18)13-5-3-2-4-6-13/h2-6,12,14-15H,7-11H2,1H3. The van der Waals surface area contributed by atoms with E-state index in [1.165, 1.54) is 6.33 Å². The number of likely N-dealkylation sites (N-methyl/N-ethyl adjacent to an activating group) is 1. The van der Waals surface area contributed by atoms with Crippen molar-refractivity contribution in [1.29, 1.82) is 0 Å². The fourth-order valence-electron chi connectivity index (χ4n) is 3.45. The van der Waals surface area contributed by atoms with Crippen molar-refractivity contribution in [2.75, 3.05) is 38.3 Å². The molecule has 1 atom stereocenters. The third-order valence-electron chi connectivity index (χ3n) is 5.15. The Morgan fingerprint density at radius 1 is 1.27 bits per heavy atom. The monoisotopic (exact) mass is 356 g/mol. The second kappa shape index (κ2) is 6.99. The second-order valence-electron chi connectivity index (χ2n) is 6.79. The highest BCUT2D eigenvalue weighted by Gasteiger charge is 2.37. The third kappa shape index (κ3) is 3.03. The number of benzene rings is 1. The molecule has 6 nitrogen and oxygen atoms in total. The van der Waals surface area contributed by atoms with Crippen LogP contribution < -0.4 is 4.90 Å². The maximum atomic E-state index is 14.9. The van der Waals surface area contributed by atoms with E-state index < -0.39 is 5.82 Å². The van der Waals surface area contributed by atoms with Crippen LogP contribution in [0.5, 0.6) is 0 Å². The van der Waals surface area contributed by atoms with Crippen molar-refractivity contribution in [2.24, 2.45) is 5.92 Å². The molecule has 0 saturated carbocycles. The van der Waals surface area contributed by atoms with Gasteiger partial charge in [0, 0.05) is 32.3 Å². The summed E-state index contributed by atoms with van der Waals surface area (Å²) in [5.41, 5.74) is 1.02. The first kappa shape index (κ1) is 16.9. The molecule has 136 valence electrons. The Kier molecular flexibility index (Phi) is 4.55. The van der Waals surface area contributed by atoms with Gasteiger partial charge < -0.3 is 14.5 Å². The Balaban J connectivity index is 1.45. The second-order valence-corrected chi connectivity index (χ2v) is 6.79. The van der Waals surface area contributed by atoms with Crippen molar-refractivity contribution in [1.82, 2.24) is 14.9 Å². The molecule has 26 heavy (non-hydrogen) atoms. The van der Waals surface area contributed by atoms with E-state index in [-0.39, 0.29) is 17.9 Å². The van der Waals surface area contributed by atoms with Crippen molar-refractivity contribution in [3.8, 4) is 11.3 Å². The molecule has 3 heterocycles. The normalized spacial score (nSPS) is 20.1. The van der Waals surface area contributed by atoms with Gasteiger partial charge in [-0.2, -0.15) is 0 Å². The highest BCUT2D eigenvalue weighted by molar-refractivity contribution is 5.79. The number of halogens is 1. The third-order valence-corrected chi connectivity index (χ3v) is 5.15.